The fraction of sp³-hybridized carbons (Fsp3) is 1.00. The van der Waals surface area contributed by atoms with Crippen LogP contribution in [-0.2, 0) is 0 Å². The molecule has 10 heavy (non-hydrogen) atoms. The van der Waals surface area contributed by atoms with Gasteiger partial charge in [-0.05, 0) is 64.1 Å². The standard InChI is InChI=1S/CH3Cl6NS2/c1-8(9(2,3)4)10(5,6)7/h1H3. The van der Waals surface area contributed by atoms with Gasteiger partial charge in [0.2, 0.25) is 0 Å². The maximum atomic E-state index is 5.48. The van der Waals surface area contributed by atoms with E-state index in [1.165, 1.54) is 7.05 Å². The smallest absolute Gasteiger partial charge is 0.0665 e. The Kier molecular flexibility index (Phi) is 5.05. The summed E-state index contributed by atoms with van der Waals surface area (Å²) in [5.74, 6) is 0. The Morgan fingerprint density at radius 3 is 1.00 bits per heavy atom. The van der Waals surface area contributed by atoms with E-state index in [-0.39, 0.29) is 0 Å². The Labute approximate surface area is 89.7 Å². The second kappa shape index (κ2) is 4.07. The molecule has 0 N–H and O–H groups in total. The molecule has 0 saturated carbocycles. The highest BCUT2D eigenvalue weighted by Crippen LogP contribution is 2.80. The van der Waals surface area contributed by atoms with Crippen LogP contribution in [-0.4, -0.2) is 10.8 Å². The molecular weight excluding hydrogens is 303 g/mol. The van der Waals surface area contributed by atoms with Crippen molar-refractivity contribution < 1.29 is 0 Å². The number of hydrogen-bond donors (Lipinski definition) is 0. The molecule has 0 aromatic heterocycles. The summed E-state index contributed by atoms with van der Waals surface area (Å²) >= 11 is 0. The largest absolute Gasteiger partial charge is 0.160 e. The van der Waals surface area contributed by atoms with E-state index in [0.717, 1.165) is 3.71 Å². The maximum Gasteiger partial charge on any atom is 0.0665 e. The van der Waals surface area contributed by atoms with Crippen LogP contribution < -0.4 is 0 Å². The molecule has 0 rings (SSSR count). The predicted molar refractivity (Wildman–Crippen MR) is 58.1 cm³/mol. The van der Waals surface area contributed by atoms with Crippen LogP contribution in [0.3, 0.4) is 0 Å². The second-order valence-electron chi connectivity index (χ2n) is 1.20. The van der Waals surface area contributed by atoms with Crippen LogP contribution in [0, 0.1) is 0 Å². The van der Waals surface area contributed by atoms with Crippen LogP contribution in [0.1, 0.15) is 0 Å². The van der Waals surface area contributed by atoms with E-state index >= 15 is 0 Å². The Morgan fingerprint density at radius 2 is 1.00 bits per heavy atom. The van der Waals surface area contributed by atoms with Crippen LogP contribution in [0.25, 0.3) is 0 Å². The normalized spacial score (nSPS) is 17.6. The highest BCUT2D eigenvalue weighted by Gasteiger charge is 2.33. The lowest BCUT2D eigenvalue weighted by molar-refractivity contribution is 0.952. The molecule has 0 radical (unpaired) electrons. The molecule has 1 nitrogen and oxygen atoms in total. The summed E-state index contributed by atoms with van der Waals surface area (Å²) in [6.07, 6.45) is 0. The quantitative estimate of drug-likeness (QED) is 0.671. The molecule has 0 spiro atoms. The highest BCUT2D eigenvalue weighted by molar-refractivity contribution is 8.88. The van der Waals surface area contributed by atoms with Gasteiger partial charge in [-0.25, -0.2) is 0 Å². The third kappa shape index (κ3) is 4.43. The van der Waals surface area contributed by atoms with Gasteiger partial charge in [0.15, 0.2) is 0 Å². The van der Waals surface area contributed by atoms with Crippen molar-refractivity contribution in [2.24, 2.45) is 0 Å². The average molecular weight is 306 g/mol. The fourth-order valence-corrected chi connectivity index (χ4v) is 7.76. The summed E-state index contributed by atoms with van der Waals surface area (Å²) < 4.78 is 1.13. The van der Waals surface area contributed by atoms with Crippen molar-refractivity contribution in [2.45, 2.75) is 0 Å². The number of hydrogen-bond acceptors (Lipinski definition) is 1. The molecule has 0 aromatic rings. The second-order valence-corrected chi connectivity index (χ2v) is 14.9. The monoisotopic (exact) mass is 303 g/mol. The van der Waals surface area contributed by atoms with E-state index in [1.807, 2.05) is 0 Å². The van der Waals surface area contributed by atoms with Gasteiger partial charge in [-0.2, -0.15) is 3.71 Å². The van der Waals surface area contributed by atoms with E-state index in [9.17, 15) is 0 Å². The van der Waals surface area contributed by atoms with Crippen LogP contribution >= 0.6 is 79.8 Å². The van der Waals surface area contributed by atoms with E-state index in [1.54, 1.807) is 0 Å². The topological polar surface area (TPSA) is 3.24 Å². The van der Waals surface area contributed by atoms with Gasteiger partial charge in [-0.1, -0.05) is 0 Å². The molecule has 9 heteroatoms. The molecule has 0 fully saturated rings. The summed E-state index contributed by atoms with van der Waals surface area (Å²) in [6, 6.07) is 0. The number of nitrogens with zero attached hydrogens (tertiary/aromatic N) is 1. The highest BCUT2D eigenvalue weighted by atomic mass is 36.2. The van der Waals surface area contributed by atoms with Crippen molar-refractivity contribution in [2.75, 3.05) is 7.05 Å². The van der Waals surface area contributed by atoms with Gasteiger partial charge >= 0.3 is 0 Å². The van der Waals surface area contributed by atoms with Crippen molar-refractivity contribution in [3.63, 3.8) is 0 Å². The van der Waals surface area contributed by atoms with E-state index in [0.29, 0.717) is 0 Å². The average Bonchev–Trinajstić information content (AvgIpc) is 1.59. The molecule has 0 aliphatic heterocycles. The molecule has 0 saturated heterocycles. The Balaban J connectivity index is 4.23. The van der Waals surface area contributed by atoms with Crippen LogP contribution in [0.4, 0.5) is 0 Å². The van der Waals surface area contributed by atoms with E-state index < -0.39 is 15.7 Å². The zero-order chi connectivity index (χ0) is 8.58. The van der Waals surface area contributed by atoms with Gasteiger partial charge in [0, 0.05) is 7.05 Å². The molecule has 0 bridgehead atoms. The zero-order valence-electron chi connectivity index (χ0n) is 4.53. The van der Waals surface area contributed by atoms with Crippen molar-refractivity contribution in [3.05, 3.63) is 0 Å². The molecular formula is CH3Cl6NS2. The van der Waals surface area contributed by atoms with Crippen molar-refractivity contribution in [1.82, 2.24) is 3.71 Å². The first-order valence-corrected chi connectivity index (χ1v) is 9.88. The summed E-state index contributed by atoms with van der Waals surface area (Å²) in [7, 11) is 29.4. The van der Waals surface area contributed by atoms with E-state index in [2.05, 4.69) is 0 Å². The lowest BCUT2D eigenvalue weighted by Crippen LogP contribution is -2.07. The molecule has 0 unspecified atom stereocenters. The molecule has 0 aliphatic rings. The first-order valence-electron chi connectivity index (χ1n) is 1.74. The van der Waals surface area contributed by atoms with Gasteiger partial charge in [-0.15, -0.1) is 0 Å². The molecule has 0 amide bonds. The van der Waals surface area contributed by atoms with Gasteiger partial charge in [0.05, 0.1) is 15.7 Å². The lowest BCUT2D eigenvalue weighted by atomic mass is 11.6. The first-order chi connectivity index (χ1) is 4.15. The zero-order valence-corrected chi connectivity index (χ0v) is 10.7. The van der Waals surface area contributed by atoms with Crippen molar-refractivity contribution >= 4 is 79.8 Å². The molecule has 0 heterocycles. The van der Waals surface area contributed by atoms with Crippen molar-refractivity contribution in [3.8, 4) is 0 Å². The molecule has 66 valence electrons. The van der Waals surface area contributed by atoms with Gasteiger partial charge in [0.1, 0.15) is 0 Å². The maximum absolute atomic E-state index is 5.48. The molecule has 0 aromatic carbocycles. The predicted octanol–water partition coefficient (Wildman–Crippen LogP) is 5.28. The lowest BCUT2D eigenvalue weighted by Gasteiger charge is -2.35. The van der Waals surface area contributed by atoms with Crippen molar-refractivity contribution in [1.29, 1.82) is 0 Å². The third-order valence-electron chi connectivity index (χ3n) is 0.583. The third-order valence-corrected chi connectivity index (χ3v) is 8.29. The van der Waals surface area contributed by atoms with Gasteiger partial charge in [0.25, 0.3) is 0 Å². The summed E-state index contributed by atoms with van der Waals surface area (Å²) in [5.41, 5.74) is 0. The Bertz CT molecular complexity index is 99.9. The van der Waals surface area contributed by atoms with Gasteiger partial charge < -0.3 is 0 Å². The summed E-state index contributed by atoms with van der Waals surface area (Å²) in [4.78, 5) is 0. The fourth-order valence-electron chi connectivity index (χ4n) is 0.0958. The molecule has 0 aliphatic carbocycles. The SMILES string of the molecule is CN(S(Cl)(Cl)Cl)S(Cl)(Cl)Cl. The minimum atomic E-state index is -2.47. The van der Waals surface area contributed by atoms with Crippen LogP contribution in [0.15, 0.2) is 0 Å². The number of halogens is 6. The van der Waals surface area contributed by atoms with Crippen LogP contribution in [0.5, 0.6) is 0 Å². The first kappa shape index (κ1) is 12.4. The minimum absolute atomic E-state index is 1.13. The number of rotatable bonds is 2. The Morgan fingerprint density at radius 1 is 0.800 bits per heavy atom. The molecule has 0 atom stereocenters. The summed E-state index contributed by atoms with van der Waals surface area (Å²) in [6.45, 7) is 0. The Hall–Kier alpha value is 2.40. The van der Waals surface area contributed by atoms with Crippen LogP contribution in [0.2, 0.25) is 0 Å². The summed E-state index contributed by atoms with van der Waals surface area (Å²) in [5, 5.41) is 0. The van der Waals surface area contributed by atoms with E-state index in [4.69, 9.17) is 64.1 Å². The van der Waals surface area contributed by atoms with Gasteiger partial charge in [-0.3, -0.25) is 0 Å². The minimum Gasteiger partial charge on any atom is -0.160 e.